The standard InChI is InChI=1S/C7H13N5/c1-4-5(6(8)9)7(10-2)12(3)11-4/h10H,1-3H3,(H3,8,9). The van der Waals surface area contributed by atoms with Crippen molar-refractivity contribution in [2.24, 2.45) is 12.8 Å². The SMILES string of the molecule is CNc1c(C(=N)N)c(C)nn1C. The number of nitrogens with one attached hydrogen (secondary N) is 2. The van der Waals surface area contributed by atoms with Gasteiger partial charge in [-0.2, -0.15) is 5.10 Å². The van der Waals surface area contributed by atoms with E-state index in [-0.39, 0.29) is 5.84 Å². The number of nitrogens with two attached hydrogens (primary N) is 1. The minimum atomic E-state index is 0.0463. The maximum absolute atomic E-state index is 7.32. The summed E-state index contributed by atoms with van der Waals surface area (Å²) < 4.78 is 1.67. The van der Waals surface area contributed by atoms with Gasteiger partial charge in [-0.1, -0.05) is 0 Å². The van der Waals surface area contributed by atoms with Crippen molar-refractivity contribution in [3.05, 3.63) is 11.3 Å². The van der Waals surface area contributed by atoms with E-state index in [4.69, 9.17) is 11.1 Å². The third-order valence-electron chi connectivity index (χ3n) is 1.73. The molecule has 0 aliphatic heterocycles. The van der Waals surface area contributed by atoms with Gasteiger partial charge >= 0.3 is 0 Å². The van der Waals surface area contributed by atoms with Gasteiger partial charge in [-0.15, -0.1) is 0 Å². The fourth-order valence-electron chi connectivity index (χ4n) is 1.27. The van der Waals surface area contributed by atoms with Crippen molar-refractivity contribution < 1.29 is 0 Å². The molecule has 1 aromatic rings. The largest absolute Gasteiger partial charge is 0.384 e. The Kier molecular flexibility index (Phi) is 2.03. The summed E-state index contributed by atoms with van der Waals surface area (Å²) in [4.78, 5) is 0. The van der Waals surface area contributed by atoms with Crippen LogP contribution in [-0.2, 0) is 7.05 Å². The molecule has 0 fully saturated rings. The quantitative estimate of drug-likeness (QED) is 0.430. The van der Waals surface area contributed by atoms with E-state index in [1.807, 2.05) is 14.0 Å². The average molecular weight is 167 g/mol. The van der Waals surface area contributed by atoms with Crippen LogP contribution in [0.15, 0.2) is 0 Å². The fraction of sp³-hybridized carbons (Fsp3) is 0.429. The van der Waals surface area contributed by atoms with Crippen LogP contribution in [0.1, 0.15) is 11.3 Å². The topological polar surface area (TPSA) is 79.7 Å². The van der Waals surface area contributed by atoms with Crippen LogP contribution in [0.25, 0.3) is 0 Å². The number of hydrogen-bond donors (Lipinski definition) is 3. The van der Waals surface area contributed by atoms with E-state index >= 15 is 0 Å². The van der Waals surface area contributed by atoms with Crippen LogP contribution in [0.4, 0.5) is 5.82 Å². The highest BCUT2D eigenvalue weighted by Gasteiger charge is 2.13. The Hall–Kier alpha value is -1.52. The highest BCUT2D eigenvalue weighted by Crippen LogP contribution is 2.16. The molecule has 66 valence electrons. The molecule has 0 amide bonds. The summed E-state index contributed by atoms with van der Waals surface area (Å²) in [7, 11) is 3.59. The first-order chi connectivity index (χ1) is 5.57. The van der Waals surface area contributed by atoms with Crippen molar-refractivity contribution in [2.75, 3.05) is 12.4 Å². The van der Waals surface area contributed by atoms with Gasteiger partial charge in [0.2, 0.25) is 0 Å². The summed E-state index contributed by atoms with van der Waals surface area (Å²) in [6.45, 7) is 1.83. The molecule has 1 rings (SSSR count). The lowest BCUT2D eigenvalue weighted by molar-refractivity contribution is 0.763. The van der Waals surface area contributed by atoms with E-state index < -0.39 is 0 Å². The summed E-state index contributed by atoms with van der Waals surface area (Å²) in [6, 6.07) is 0. The lowest BCUT2D eigenvalue weighted by atomic mass is 10.2. The second-order valence-electron chi connectivity index (χ2n) is 2.60. The van der Waals surface area contributed by atoms with Crippen LogP contribution in [0.3, 0.4) is 0 Å². The van der Waals surface area contributed by atoms with Crippen LogP contribution in [-0.4, -0.2) is 22.7 Å². The molecule has 0 aliphatic rings. The van der Waals surface area contributed by atoms with Gasteiger partial charge in [0.15, 0.2) is 0 Å². The second kappa shape index (κ2) is 2.84. The molecule has 0 aromatic carbocycles. The maximum Gasteiger partial charge on any atom is 0.135 e. The lowest BCUT2D eigenvalue weighted by Crippen LogP contribution is -2.14. The highest BCUT2D eigenvalue weighted by molar-refractivity contribution is 6.00. The number of aryl methyl sites for hydroxylation is 2. The highest BCUT2D eigenvalue weighted by atomic mass is 15.3. The predicted octanol–water partition coefficient (Wildman–Crippen LogP) is 0.0543. The molecule has 0 aliphatic carbocycles. The minimum absolute atomic E-state index is 0.0463. The first-order valence-electron chi connectivity index (χ1n) is 3.63. The van der Waals surface area contributed by atoms with Gasteiger partial charge in [-0.3, -0.25) is 10.1 Å². The van der Waals surface area contributed by atoms with Crippen molar-refractivity contribution in [1.29, 1.82) is 5.41 Å². The van der Waals surface area contributed by atoms with Crippen LogP contribution in [0, 0.1) is 12.3 Å². The zero-order chi connectivity index (χ0) is 9.30. The third-order valence-corrected chi connectivity index (χ3v) is 1.73. The van der Waals surface area contributed by atoms with Crippen LogP contribution in [0.2, 0.25) is 0 Å². The van der Waals surface area contributed by atoms with E-state index in [1.165, 1.54) is 0 Å². The van der Waals surface area contributed by atoms with Crippen LogP contribution in [0.5, 0.6) is 0 Å². The Balaban J connectivity index is 3.32. The van der Waals surface area contributed by atoms with Gasteiger partial charge in [0.1, 0.15) is 11.7 Å². The molecular weight excluding hydrogens is 154 g/mol. The van der Waals surface area contributed by atoms with Crippen molar-refractivity contribution in [3.8, 4) is 0 Å². The van der Waals surface area contributed by atoms with Gasteiger partial charge in [0, 0.05) is 14.1 Å². The fourth-order valence-corrected chi connectivity index (χ4v) is 1.27. The minimum Gasteiger partial charge on any atom is -0.384 e. The zero-order valence-electron chi connectivity index (χ0n) is 7.47. The first-order valence-corrected chi connectivity index (χ1v) is 3.63. The summed E-state index contributed by atoms with van der Waals surface area (Å²) in [6.07, 6.45) is 0. The molecule has 1 heterocycles. The number of nitrogen functional groups attached to an aromatic ring is 1. The molecule has 0 atom stereocenters. The summed E-state index contributed by atoms with van der Waals surface area (Å²) in [5, 5.41) is 14.4. The maximum atomic E-state index is 7.32. The van der Waals surface area contributed by atoms with Crippen LogP contribution < -0.4 is 11.1 Å². The molecule has 5 nitrogen and oxygen atoms in total. The van der Waals surface area contributed by atoms with Gasteiger partial charge < -0.3 is 11.1 Å². The van der Waals surface area contributed by atoms with E-state index in [0.717, 1.165) is 11.5 Å². The Morgan fingerprint density at radius 3 is 2.58 bits per heavy atom. The van der Waals surface area contributed by atoms with Crippen molar-refractivity contribution >= 4 is 11.7 Å². The predicted molar refractivity (Wildman–Crippen MR) is 48.5 cm³/mol. The first kappa shape index (κ1) is 8.58. The zero-order valence-corrected chi connectivity index (χ0v) is 7.47. The van der Waals surface area contributed by atoms with Crippen molar-refractivity contribution in [1.82, 2.24) is 9.78 Å². The Bertz CT molecular complexity index is 312. The molecule has 4 N–H and O–H groups in total. The summed E-state index contributed by atoms with van der Waals surface area (Å²) in [5.41, 5.74) is 6.85. The molecule has 5 heteroatoms. The Morgan fingerprint density at radius 1 is 1.67 bits per heavy atom. The number of hydrogen-bond acceptors (Lipinski definition) is 3. The smallest absolute Gasteiger partial charge is 0.135 e. The summed E-state index contributed by atoms with van der Waals surface area (Å²) in [5.74, 6) is 0.824. The van der Waals surface area contributed by atoms with E-state index in [0.29, 0.717) is 5.56 Å². The molecule has 0 unspecified atom stereocenters. The monoisotopic (exact) mass is 167 g/mol. The number of amidine groups is 1. The second-order valence-corrected chi connectivity index (χ2v) is 2.60. The molecule has 0 bridgehead atoms. The number of rotatable bonds is 2. The van der Waals surface area contributed by atoms with Crippen LogP contribution >= 0.6 is 0 Å². The van der Waals surface area contributed by atoms with Gasteiger partial charge in [0.05, 0.1) is 11.3 Å². The number of nitrogens with zero attached hydrogens (tertiary/aromatic N) is 2. The molecule has 0 spiro atoms. The van der Waals surface area contributed by atoms with E-state index in [1.54, 1.807) is 11.7 Å². The van der Waals surface area contributed by atoms with Crippen molar-refractivity contribution in [2.45, 2.75) is 6.92 Å². The Morgan fingerprint density at radius 2 is 2.25 bits per heavy atom. The number of anilines is 1. The van der Waals surface area contributed by atoms with Gasteiger partial charge in [-0.05, 0) is 6.92 Å². The molecule has 0 saturated carbocycles. The molecule has 0 radical (unpaired) electrons. The van der Waals surface area contributed by atoms with E-state index in [2.05, 4.69) is 10.4 Å². The van der Waals surface area contributed by atoms with Gasteiger partial charge in [0.25, 0.3) is 0 Å². The number of aromatic nitrogens is 2. The molecular formula is C7H13N5. The van der Waals surface area contributed by atoms with E-state index in [9.17, 15) is 0 Å². The molecule has 12 heavy (non-hydrogen) atoms. The Labute approximate surface area is 71.1 Å². The summed E-state index contributed by atoms with van der Waals surface area (Å²) >= 11 is 0. The average Bonchev–Trinajstić information content (AvgIpc) is 2.24. The molecule has 1 aromatic heterocycles. The third kappa shape index (κ3) is 1.13. The van der Waals surface area contributed by atoms with Crippen molar-refractivity contribution in [3.63, 3.8) is 0 Å². The van der Waals surface area contributed by atoms with Gasteiger partial charge in [-0.25, -0.2) is 0 Å². The molecule has 0 saturated heterocycles. The normalized spacial score (nSPS) is 9.92. The lowest BCUT2D eigenvalue weighted by Gasteiger charge is -2.02.